The molecule has 0 spiro atoms. The fourth-order valence-electron chi connectivity index (χ4n) is 3.10. The lowest BCUT2D eigenvalue weighted by Gasteiger charge is -2.33. The highest BCUT2D eigenvalue weighted by atomic mass is 16.2. The Morgan fingerprint density at radius 1 is 1.07 bits per heavy atom. The van der Waals surface area contributed by atoms with Gasteiger partial charge in [-0.2, -0.15) is 0 Å². The van der Waals surface area contributed by atoms with Gasteiger partial charge >= 0.3 is 0 Å². The van der Waals surface area contributed by atoms with E-state index >= 15 is 0 Å². The van der Waals surface area contributed by atoms with Crippen molar-refractivity contribution in [2.24, 2.45) is 0 Å². The summed E-state index contributed by atoms with van der Waals surface area (Å²) < 4.78 is 0. The Labute approximate surface area is 160 Å². The molecule has 27 heavy (non-hydrogen) atoms. The van der Waals surface area contributed by atoms with Gasteiger partial charge < -0.3 is 15.5 Å². The highest BCUT2D eigenvalue weighted by Crippen LogP contribution is 2.20. The molecule has 2 N–H and O–H groups in total. The Morgan fingerprint density at radius 3 is 2.15 bits per heavy atom. The number of rotatable bonds is 6. The van der Waals surface area contributed by atoms with E-state index in [-0.39, 0.29) is 23.4 Å². The second-order valence-electron chi connectivity index (χ2n) is 7.98. The van der Waals surface area contributed by atoms with Gasteiger partial charge in [-0.15, -0.1) is 0 Å². The topological polar surface area (TPSA) is 71.4 Å². The van der Waals surface area contributed by atoms with E-state index in [0.717, 1.165) is 12.1 Å². The van der Waals surface area contributed by atoms with Crippen molar-refractivity contribution >= 4 is 11.8 Å². The molecular weight excluding hydrogens is 338 g/mol. The van der Waals surface area contributed by atoms with E-state index in [0.29, 0.717) is 12.1 Å². The van der Waals surface area contributed by atoms with Crippen LogP contribution in [-0.2, 0) is 11.3 Å². The molecule has 2 aromatic rings. The summed E-state index contributed by atoms with van der Waals surface area (Å²) in [6, 6.07) is 18.3. The molecule has 1 aliphatic heterocycles. The van der Waals surface area contributed by atoms with Gasteiger partial charge in [0.05, 0.1) is 0 Å². The van der Waals surface area contributed by atoms with Crippen LogP contribution in [0, 0.1) is 0 Å². The van der Waals surface area contributed by atoms with Crippen LogP contribution < -0.4 is 10.6 Å². The summed E-state index contributed by atoms with van der Waals surface area (Å²) >= 11 is 0. The van der Waals surface area contributed by atoms with Crippen LogP contribution in [0.25, 0.3) is 0 Å². The molecule has 5 heteroatoms. The quantitative estimate of drug-likeness (QED) is 0.773. The molecule has 0 saturated carbocycles. The van der Waals surface area contributed by atoms with Gasteiger partial charge in [-0.25, -0.2) is 0 Å². The molecule has 5 nitrogen and oxygen atoms in total. The predicted molar refractivity (Wildman–Crippen MR) is 106 cm³/mol. The third kappa shape index (κ3) is 5.17. The molecule has 0 aliphatic carbocycles. The van der Waals surface area contributed by atoms with E-state index in [4.69, 9.17) is 0 Å². The number of carbonyl (C=O) groups excluding carboxylic acids is 2. The number of nitrogens with one attached hydrogen (secondary N) is 2. The van der Waals surface area contributed by atoms with Gasteiger partial charge in [-0.3, -0.25) is 9.59 Å². The van der Waals surface area contributed by atoms with Gasteiger partial charge in [-0.1, -0.05) is 48.5 Å². The number of hydrogen-bond donors (Lipinski definition) is 2. The van der Waals surface area contributed by atoms with E-state index in [1.807, 2.05) is 69.3 Å². The average molecular weight is 365 g/mol. The van der Waals surface area contributed by atoms with Crippen LogP contribution in [0.3, 0.4) is 0 Å². The molecule has 142 valence electrons. The number of nitrogens with zero attached hydrogens (tertiary/aromatic N) is 1. The van der Waals surface area contributed by atoms with Crippen LogP contribution in [0.5, 0.6) is 0 Å². The first-order valence-electron chi connectivity index (χ1n) is 9.30. The molecule has 1 heterocycles. The number of amides is 2. The third-order valence-corrected chi connectivity index (χ3v) is 4.40. The molecular formula is C22H27N3O2. The van der Waals surface area contributed by atoms with Crippen LogP contribution >= 0.6 is 0 Å². The summed E-state index contributed by atoms with van der Waals surface area (Å²) in [5, 5.41) is 6.26. The predicted octanol–water partition coefficient (Wildman–Crippen LogP) is 2.58. The fourth-order valence-corrected chi connectivity index (χ4v) is 3.10. The molecule has 1 saturated heterocycles. The first-order chi connectivity index (χ1) is 12.8. The van der Waals surface area contributed by atoms with E-state index < -0.39 is 6.04 Å². The lowest BCUT2D eigenvalue weighted by atomic mass is 10.0. The summed E-state index contributed by atoms with van der Waals surface area (Å²) in [5.41, 5.74) is 1.22. The van der Waals surface area contributed by atoms with E-state index in [1.54, 1.807) is 17.0 Å². The summed E-state index contributed by atoms with van der Waals surface area (Å²) in [5.74, 6) is -0.264. The van der Waals surface area contributed by atoms with Crippen LogP contribution in [0.2, 0.25) is 0 Å². The minimum Gasteiger partial charge on any atom is -0.350 e. The molecule has 0 unspecified atom stereocenters. The van der Waals surface area contributed by atoms with Crippen molar-refractivity contribution in [3.05, 3.63) is 71.8 Å². The van der Waals surface area contributed by atoms with Crippen molar-refractivity contribution in [3.63, 3.8) is 0 Å². The van der Waals surface area contributed by atoms with Gasteiger partial charge in [0.1, 0.15) is 6.04 Å². The average Bonchev–Trinajstić information content (AvgIpc) is 3.45. The van der Waals surface area contributed by atoms with Crippen molar-refractivity contribution in [3.8, 4) is 0 Å². The SMILES string of the molecule is CC(C)(C)NC(=O)[C@H]([C@@H]1CN1)N(Cc1ccccc1)C(=O)c1ccccc1. The lowest BCUT2D eigenvalue weighted by Crippen LogP contribution is -2.56. The molecule has 1 aliphatic rings. The standard InChI is InChI=1S/C22H27N3O2/c1-22(2,3)24-20(26)19(18-14-23-18)25(15-16-10-6-4-7-11-16)21(27)17-12-8-5-9-13-17/h4-13,18-19,23H,14-15H2,1-3H3,(H,24,26)/t18-,19-/m0/s1. The van der Waals surface area contributed by atoms with Gasteiger partial charge in [0.25, 0.3) is 5.91 Å². The highest BCUT2D eigenvalue weighted by Gasteiger charge is 2.43. The van der Waals surface area contributed by atoms with Crippen LogP contribution in [-0.4, -0.2) is 40.9 Å². The Kier molecular flexibility index (Phi) is 5.61. The third-order valence-electron chi connectivity index (χ3n) is 4.40. The zero-order valence-electron chi connectivity index (χ0n) is 16.1. The van der Waals surface area contributed by atoms with Crippen molar-refractivity contribution in [2.75, 3.05) is 6.54 Å². The molecule has 1 fully saturated rings. The summed E-state index contributed by atoms with van der Waals surface area (Å²) in [7, 11) is 0. The number of benzene rings is 2. The monoisotopic (exact) mass is 365 g/mol. The largest absolute Gasteiger partial charge is 0.350 e. The first-order valence-corrected chi connectivity index (χ1v) is 9.30. The second kappa shape index (κ2) is 7.92. The van der Waals surface area contributed by atoms with Crippen molar-refractivity contribution in [1.29, 1.82) is 0 Å². The van der Waals surface area contributed by atoms with Crippen molar-refractivity contribution < 1.29 is 9.59 Å². The van der Waals surface area contributed by atoms with E-state index in [2.05, 4.69) is 10.6 Å². The van der Waals surface area contributed by atoms with Crippen LogP contribution in [0.1, 0.15) is 36.7 Å². The zero-order valence-corrected chi connectivity index (χ0v) is 16.1. The molecule has 2 aromatic carbocycles. The maximum Gasteiger partial charge on any atom is 0.254 e. The Balaban J connectivity index is 1.93. The summed E-state index contributed by atoms with van der Waals surface area (Å²) in [6.45, 7) is 6.96. The maximum atomic E-state index is 13.3. The van der Waals surface area contributed by atoms with E-state index in [1.165, 1.54) is 0 Å². The molecule has 0 aromatic heterocycles. The number of hydrogen-bond acceptors (Lipinski definition) is 3. The lowest BCUT2D eigenvalue weighted by molar-refractivity contribution is -0.127. The normalized spacial score (nSPS) is 17.1. The first kappa shape index (κ1) is 19.1. The zero-order chi connectivity index (χ0) is 19.4. The van der Waals surface area contributed by atoms with Gasteiger partial charge in [0, 0.05) is 30.2 Å². The Morgan fingerprint density at radius 2 is 1.63 bits per heavy atom. The van der Waals surface area contributed by atoms with Crippen molar-refractivity contribution in [1.82, 2.24) is 15.5 Å². The molecule has 0 radical (unpaired) electrons. The summed E-state index contributed by atoms with van der Waals surface area (Å²) in [4.78, 5) is 28.1. The van der Waals surface area contributed by atoms with Gasteiger partial charge in [0.15, 0.2) is 0 Å². The van der Waals surface area contributed by atoms with Gasteiger partial charge in [0.2, 0.25) is 5.91 Å². The van der Waals surface area contributed by atoms with Gasteiger partial charge in [-0.05, 0) is 38.5 Å². The van der Waals surface area contributed by atoms with Crippen LogP contribution in [0.15, 0.2) is 60.7 Å². The van der Waals surface area contributed by atoms with Crippen LogP contribution in [0.4, 0.5) is 0 Å². The molecule has 0 bridgehead atoms. The molecule has 2 amide bonds. The minimum atomic E-state index is -0.558. The van der Waals surface area contributed by atoms with Crippen molar-refractivity contribution in [2.45, 2.75) is 44.9 Å². The highest BCUT2D eigenvalue weighted by molar-refractivity contribution is 5.98. The second-order valence-corrected chi connectivity index (χ2v) is 7.98. The Bertz CT molecular complexity index is 780. The summed E-state index contributed by atoms with van der Waals surface area (Å²) in [6.07, 6.45) is 0. The van der Waals surface area contributed by atoms with E-state index in [9.17, 15) is 9.59 Å². The smallest absolute Gasteiger partial charge is 0.254 e. The molecule has 3 rings (SSSR count). The fraction of sp³-hybridized carbons (Fsp3) is 0.364. The number of carbonyl (C=O) groups is 2. The Hall–Kier alpha value is -2.66. The maximum absolute atomic E-state index is 13.3. The molecule has 2 atom stereocenters. The minimum absolute atomic E-state index is 0.0243.